The van der Waals surface area contributed by atoms with E-state index in [1.165, 1.54) is 11.1 Å². The highest BCUT2D eigenvalue weighted by atomic mass is 14.6. The summed E-state index contributed by atoms with van der Waals surface area (Å²) in [4.78, 5) is 0. The first-order valence-corrected chi connectivity index (χ1v) is 5.82. The van der Waals surface area contributed by atoms with Crippen molar-refractivity contribution in [3.63, 3.8) is 0 Å². The second-order valence-corrected chi connectivity index (χ2v) is 4.33. The smallest absolute Gasteiger partial charge is 0.0645 e. The lowest BCUT2D eigenvalue weighted by Crippen LogP contribution is -1.90. The fourth-order valence-electron chi connectivity index (χ4n) is 1.36. The Morgan fingerprint density at radius 2 is 1.44 bits per heavy atom. The van der Waals surface area contributed by atoms with Crippen molar-refractivity contribution in [1.29, 1.82) is 0 Å². The molecule has 96 valence electrons. The van der Waals surface area contributed by atoms with Gasteiger partial charge in [0, 0.05) is 11.4 Å². The summed E-state index contributed by atoms with van der Waals surface area (Å²) in [5.41, 5.74) is 16.3. The van der Waals surface area contributed by atoms with Crippen molar-refractivity contribution in [2.75, 3.05) is 11.5 Å². The molecule has 0 heterocycles. The third-order valence-corrected chi connectivity index (χ3v) is 3.06. The summed E-state index contributed by atoms with van der Waals surface area (Å²) in [5, 5.41) is 0. The predicted octanol–water partition coefficient (Wildman–Crippen LogP) is 3.77. The van der Waals surface area contributed by atoms with Crippen molar-refractivity contribution in [2.24, 2.45) is 0 Å². The van der Waals surface area contributed by atoms with Gasteiger partial charge in [-0.2, -0.15) is 0 Å². The maximum atomic E-state index is 7.46. The minimum absolute atomic E-state index is 0.0388. The van der Waals surface area contributed by atoms with Gasteiger partial charge in [-0.15, -0.1) is 0 Å². The number of benzene rings is 2. The number of rotatable bonds is 0. The van der Waals surface area contributed by atoms with Crippen LogP contribution in [-0.2, 0) is 0 Å². The van der Waals surface area contributed by atoms with E-state index in [0.717, 1.165) is 11.3 Å². The van der Waals surface area contributed by atoms with Crippen LogP contribution in [0.25, 0.3) is 0 Å². The molecule has 2 aromatic carbocycles. The van der Waals surface area contributed by atoms with Gasteiger partial charge in [-0.25, -0.2) is 0 Å². The Bertz CT molecular complexity index is 542. The lowest BCUT2D eigenvalue weighted by molar-refractivity contribution is 1.35. The van der Waals surface area contributed by atoms with E-state index < -0.39 is 0 Å². The Balaban J connectivity index is 0.000000219. The monoisotopic (exact) mass is 245 g/mol. The molecule has 2 nitrogen and oxygen atoms in total. The molecule has 2 heteroatoms. The summed E-state index contributed by atoms with van der Waals surface area (Å²) in [6.45, 7) is 7.60. The SMILES string of the molecule is Cc1cccc(N)c1C.[2H]c1c([2H])c(C)c(C)c(N)c1[2H]. The molecule has 0 saturated heterocycles. The summed E-state index contributed by atoms with van der Waals surface area (Å²) in [5.74, 6) is 0. The van der Waals surface area contributed by atoms with Gasteiger partial charge in [0.1, 0.15) is 0 Å². The zero-order valence-electron chi connectivity index (χ0n) is 14.4. The van der Waals surface area contributed by atoms with E-state index in [0.29, 0.717) is 11.3 Å². The Labute approximate surface area is 114 Å². The molecular formula is C16H22N2. The van der Waals surface area contributed by atoms with Crippen LogP contribution in [0.2, 0.25) is 0 Å². The molecule has 2 rings (SSSR count). The average Bonchev–Trinajstić information content (AvgIpc) is 2.47. The van der Waals surface area contributed by atoms with Gasteiger partial charge in [0.2, 0.25) is 0 Å². The minimum Gasteiger partial charge on any atom is -0.399 e. The molecule has 0 atom stereocenters. The quantitative estimate of drug-likeness (QED) is 0.694. The summed E-state index contributed by atoms with van der Waals surface area (Å²) < 4.78 is 22.2. The minimum atomic E-state index is -0.0874. The van der Waals surface area contributed by atoms with Crippen molar-refractivity contribution in [3.05, 3.63) is 58.6 Å². The molecule has 0 unspecified atom stereocenters. The Hall–Kier alpha value is -1.96. The summed E-state index contributed by atoms with van der Waals surface area (Å²) >= 11 is 0. The van der Waals surface area contributed by atoms with Gasteiger partial charge in [0.25, 0.3) is 0 Å². The van der Waals surface area contributed by atoms with E-state index in [2.05, 4.69) is 13.0 Å². The van der Waals surface area contributed by atoms with E-state index in [9.17, 15) is 0 Å². The van der Waals surface area contributed by atoms with Crippen LogP contribution in [0, 0.1) is 27.7 Å². The Morgan fingerprint density at radius 1 is 0.833 bits per heavy atom. The topological polar surface area (TPSA) is 52.0 Å². The van der Waals surface area contributed by atoms with Crippen LogP contribution in [0.3, 0.4) is 0 Å². The largest absolute Gasteiger partial charge is 0.399 e. The molecule has 4 N–H and O–H groups in total. The third-order valence-electron chi connectivity index (χ3n) is 3.06. The van der Waals surface area contributed by atoms with Crippen LogP contribution in [0.1, 0.15) is 26.4 Å². The van der Waals surface area contributed by atoms with Gasteiger partial charge < -0.3 is 11.5 Å². The zero-order chi connectivity index (χ0) is 16.3. The fourth-order valence-corrected chi connectivity index (χ4v) is 1.36. The molecule has 0 amide bonds. The van der Waals surface area contributed by atoms with Crippen molar-refractivity contribution in [2.45, 2.75) is 27.7 Å². The molecule has 0 bridgehead atoms. The molecule has 0 aromatic heterocycles. The predicted molar refractivity (Wildman–Crippen MR) is 80.7 cm³/mol. The van der Waals surface area contributed by atoms with Gasteiger partial charge in [-0.1, -0.05) is 24.2 Å². The third kappa shape index (κ3) is 3.52. The standard InChI is InChI=1S/2C8H11N/c2*1-6-4-3-5-8(9)7(6)2/h2*3-5H,9H2,1-2H3/i3D,4D,5D;. The first-order valence-electron chi connectivity index (χ1n) is 7.32. The first kappa shape index (κ1) is 10.0. The maximum Gasteiger partial charge on any atom is 0.0645 e. The zero-order valence-corrected chi connectivity index (χ0v) is 11.4. The molecule has 0 fully saturated rings. The second-order valence-electron chi connectivity index (χ2n) is 4.33. The van der Waals surface area contributed by atoms with Crippen molar-refractivity contribution in [1.82, 2.24) is 0 Å². The number of hydrogen-bond acceptors (Lipinski definition) is 2. The average molecular weight is 245 g/mol. The first-order chi connectivity index (χ1) is 9.68. The van der Waals surface area contributed by atoms with E-state index in [1.54, 1.807) is 13.8 Å². The molecule has 0 aliphatic heterocycles. The molecular weight excluding hydrogens is 220 g/mol. The van der Waals surface area contributed by atoms with Gasteiger partial charge >= 0.3 is 0 Å². The van der Waals surface area contributed by atoms with Crippen LogP contribution in [0.5, 0.6) is 0 Å². The number of aryl methyl sites for hydroxylation is 1. The maximum absolute atomic E-state index is 7.46. The van der Waals surface area contributed by atoms with Gasteiger partial charge in [-0.3, -0.25) is 0 Å². The van der Waals surface area contributed by atoms with Gasteiger partial charge in [-0.05, 0) is 62.1 Å². The van der Waals surface area contributed by atoms with Crippen LogP contribution in [0.15, 0.2) is 36.3 Å². The number of nitrogen functional groups attached to an aromatic ring is 2. The highest BCUT2D eigenvalue weighted by Crippen LogP contribution is 2.13. The molecule has 0 aliphatic carbocycles. The summed E-state index contributed by atoms with van der Waals surface area (Å²) in [6, 6.07) is 5.93. The molecule has 0 aliphatic rings. The summed E-state index contributed by atoms with van der Waals surface area (Å²) in [6.07, 6.45) is 0. The van der Waals surface area contributed by atoms with E-state index >= 15 is 0 Å². The molecule has 0 radical (unpaired) electrons. The van der Waals surface area contributed by atoms with Crippen molar-refractivity contribution in [3.8, 4) is 0 Å². The molecule has 0 saturated carbocycles. The lowest BCUT2D eigenvalue weighted by Gasteiger charge is -2.00. The molecule has 18 heavy (non-hydrogen) atoms. The van der Waals surface area contributed by atoms with E-state index in [-0.39, 0.29) is 18.1 Å². The normalized spacial score (nSPS) is 11.9. The highest BCUT2D eigenvalue weighted by Gasteiger charge is 1.93. The number of hydrogen-bond donors (Lipinski definition) is 2. The Kier molecular flexibility index (Phi) is 3.39. The van der Waals surface area contributed by atoms with E-state index in [1.807, 2.05) is 19.1 Å². The van der Waals surface area contributed by atoms with Crippen LogP contribution < -0.4 is 11.5 Å². The van der Waals surface area contributed by atoms with Crippen LogP contribution in [0.4, 0.5) is 11.4 Å². The van der Waals surface area contributed by atoms with Crippen LogP contribution >= 0.6 is 0 Å². The number of anilines is 2. The van der Waals surface area contributed by atoms with Gasteiger partial charge in [0.15, 0.2) is 0 Å². The highest BCUT2D eigenvalue weighted by molar-refractivity contribution is 5.49. The number of nitrogens with two attached hydrogens (primary N) is 2. The molecule has 2 aromatic rings. The molecule has 0 spiro atoms. The summed E-state index contributed by atoms with van der Waals surface area (Å²) in [7, 11) is 0. The second kappa shape index (κ2) is 6.10. The fraction of sp³-hybridized carbons (Fsp3) is 0.250. The lowest BCUT2D eigenvalue weighted by atomic mass is 10.1. The van der Waals surface area contributed by atoms with Crippen LogP contribution in [-0.4, -0.2) is 0 Å². The van der Waals surface area contributed by atoms with Crippen molar-refractivity contribution < 1.29 is 4.11 Å². The van der Waals surface area contributed by atoms with E-state index in [4.69, 9.17) is 15.6 Å². The van der Waals surface area contributed by atoms with Gasteiger partial charge in [0.05, 0.1) is 4.11 Å². The van der Waals surface area contributed by atoms with Crippen molar-refractivity contribution >= 4 is 11.4 Å². The Morgan fingerprint density at radius 3 is 2.00 bits per heavy atom.